The van der Waals surface area contributed by atoms with Crippen LogP contribution in [0.1, 0.15) is 16.8 Å². The van der Waals surface area contributed by atoms with Crippen molar-refractivity contribution in [2.45, 2.75) is 6.42 Å². The van der Waals surface area contributed by atoms with Crippen molar-refractivity contribution in [2.24, 2.45) is 35.5 Å². The van der Waals surface area contributed by atoms with Gasteiger partial charge >= 0.3 is 0 Å². The lowest BCUT2D eigenvalue weighted by Crippen LogP contribution is -2.47. The number of amides is 3. The molecule has 7 heteroatoms. The van der Waals surface area contributed by atoms with Crippen LogP contribution in [0.25, 0.3) is 0 Å². The normalized spacial score (nSPS) is 37.1. The number of hydrazine groups is 1. The third-order valence-corrected chi connectivity index (χ3v) is 6.60. The fourth-order valence-corrected chi connectivity index (χ4v) is 5.40. The molecule has 1 aromatic carbocycles. The van der Waals surface area contributed by atoms with E-state index in [4.69, 9.17) is 23.2 Å². The average Bonchev–Trinajstić information content (AvgIpc) is 3.36. The molecule has 0 radical (unpaired) electrons. The first-order chi connectivity index (χ1) is 12.0. The lowest BCUT2D eigenvalue weighted by molar-refractivity contribution is -0.143. The molecule has 4 aliphatic carbocycles. The highest BCUT2D eigenvalue weighted by Gasteiger charge is 2.67. The maximum absolute atomic E-state index is 12.8. The van der Waals surface area contributed by atoms with E-state index < -0.39 is 5.91 Å². The number of carbonyl (C=O) groups excluding carboxylic acids is 3. The smallest absolute Gasteiger partial charge is 0.271 e. The Morgan fingerprint density at radius 3 is 2.20 bits per heavy atom. The summed E-state index contributed by atoms with van der Waals surface area (Å²) in [6, 6.07) is 4.45. The van der Waals surface area contributed by atoms with Gasteiger partial charge in [0.15, 0.2) is 0 Å². The molecule has 0 spiro atoms. The molecular weight excluding hydrogens is 363 g/mol. The number of hydrogen-bond acceptors (Lipinski definition) is 3. The minimum Gasteiger partial charge on any atom is -0.272 e. The number of rotatable bonds is 2. The molecular formula is C18H14Cl2N2O3. The predicted octanol–water partition coefficient (Wildman–Crippen LogP) is 2.69. The quantitative estimate of drug-likeness (QED) is 0.637. The van der Waals surface area contributed by atoms with E-state index in [1.54, 1.807) is 0 Å². The number of carbonyl (C=O) groups is 3. The Labute approximate surface area is 153 Å². The lowest BCUT2D eigenvalue weighted by atomic mass is 9.63. The Bertz CT molecular complexity index is 832. The molecule has 1 saturated heterocycles. The van der Waals surface area contributed by atoms with E-state index in [1.807, 2.05) is 0 Å². The zero-order valence-corrected chi connectivity index (χ0v) is 14.5. The fourth-order valence-electron chi connectivity index (χ4n) is 4.90. The zero-order valence-electron chi connectivity index (χ0n) is 13.0. The van der Waals surface area contributed by atoms with Crippen LogP contribution in [0.15, 0.2) is 30.4 Å². The third-order valence-electron chi connectivity index (χ3n) is 6.05. The first-order valence-corrected chi connectivity index (χ1v) is 9.05. The van der Waals surface area contributed by atoms with Crippen LogP contribution in [0.4, 0.5) is 0 Å². The van der Waals surface area contributed by atoms with Gasteiger partial charge in [-0.25, -0.2) is 0 Å². The first kappa shape index (κ1) is 15.4. The van der Waals surface area contributed by atoms with Crippen LogP contribution >= 0.6 is 23.2 Å². The molecule has 1 heterocycles. The van der Waals surface area contributed by atoms with Gasteiger partial charge in [0.1, 0.15) is 0 Å². The summed E-state index contributed by atoms with van der Waals surface area (Å²) in [5.41, 5.74) is 2.62. The minimum absolute atomic E-state index is 0.123. The number of allylic oxidation sites excluding steroid dienone is 2. The van der Waals surface area contributed by atoms with Gasteiger partial charge in [-0.2, -0.15) is 5.01 Å². The molecule has 5 aliphatic rings. The van der Waals surface area contributed by atoms with Gasteiger partial charge in [0, 0.05) is 5.02 Å². The predicted molar refractivity (Wildman–Crippen MR) is 90.5 cm³/mol. The Kier molecular flexibility index (Phi) is 3.13. The van der Waals surface area contributed by atoms with E-state index in [1.165, 1.54) is 18.2 Å². The van der Waals surface area contributed by atoms with E-state index in [9.17, 15) is 14.4 Å². The van der Waals surface area contributed by atoms with Crippen molar-refractivity contribution < 1.29 is 14.4 Å². The Morgan fingerprint density at radius 2 is 1.64 bits per heavy atom. The molecule has 6 rings (SSSR count). The Morgan fingerprint density at radius 1 is 1.04 bits per heavy atom. The van der Waals surface area contributed by atoms with E-state index in [0.29, 0.717) is 16.9 Å². The van der Waals surface area contributed by atoms with Gasteiger partial charge in [-0.3, -0.25) is 19.8 Å². The summed E-state index contributed by atoms with van der Waals surface area (Å²) in [7, 11) is 0. The molecule has 3 amide bonds. The zero-order chi connectivity index (χ0) is 17.5. The van der Waals surface area contributed by atoms with Crippen LogP contribution in [0.5, 0.6) is 0 Å². The Hall–Kier alpha value is -1.85. The van der Waals surface area contributed by atoms with E-state index >= 15 is 0 Å². The Balaban J connectivity index is 1.42. The highest BCUT2D eigenvalue weighted by molar-refractivity contribution is 6.36. The number of benzene rings is 1. The van der Waals surface area contributed by atoms with Crippen LogP contribution in [-0.4, -0.2) is 22.7 Å². The highest BCUT2D eigenvalue weighted by atomic mass is 35.5. The standard InChI is InChI=1S/C18H14Cl2N2O3/c19-7-1-2-10(13(20)5-7)16(23)21-22-17(24)14-8-3-4-9(12-6-11(8)12)15(14)18(22)25/h1-5,8-9,11-12,14-15H,6H2,(H,21,23)/t8-,9-,11-,12-,14+,15+/m1/s1. The molecule has 5 nitrogen and oxygen atoms in total. The lowest BCUT2D eigenvalue weighted by Gasteiger charge is -2.37. The molecule has 1 N–H and O–H groups in total. The van der Waals surface area contributed by atoms with E-state index in [2.05, 4.69) is 17.6 Å². The van der Waals surface area contributed by atoms with Gasteiger partial charge in [0.25, 0.3) is 17.7 Å². The second kappa shape index (κ2) is 5.08. The molecule has 2 bridgehead atoms. The first-order valence-electron chi connectivity index (χ1n) is 8.29. The van der Waals surface area contributed by atoms with E-state index in [0.717, 1.165) is 11.4 Å². The molecule has 25 heavy (non-hydrogen) atoms. The van der Waals surface area contributed by atoms with Crippen LogP contribution in [0.3, 0.4) is 0 Å². The van der Waals surface area contributed by atoms with E-state index in [-0.39, 0.29) is 46.1 Å². The van der Waals surface area contributed by atoms with Crippen LogP contribution in [0.2, 0.25) is 10.0 Å². The van der Waals surface area contributed by atoms with Crippen LogP contribution in [-0.2, 0) is 9.59 Å². The summed E-state index contributed by atoms with van der Waals surface area (Å²) in [6.45, 7) is 0. The molecule has 2 saturated carbocycles. The summed E-state index contributed by atoms with van der Waals surface area (Å²) in [4.78, 5) is 38.1. The SMILES string of the molecule is O=C(NN1C(=O)[C@H]2[C@@H]3C=C[C@H]([C@H]4C[C@H]34)[C@@H]2C1=O)c1ccc(Cl)cc1Cl. The second-order valence-corrected chi connectivity index (χ2v) is 8.08. The highest BCUT2D eigenvalue weighted by Crippen LogP contribution is 2.65. The molecule has 1 aromatic rings. The van der Waals surface area contributed by atoms with Gasteiger partial charge in [0.05, 0.1) is 22.4 Å². The van der Waals surface area contributed by atoms with Gasteiger partial charge in [-0.05, 0) is 48.3 Å². The minimum atomic E-state index is -0.590. The molecule has 0 aromatic heterocycles. The molecule has 1 aliphatic heterocycles. The van der Waals surface area contributed by atoms with Crippen LogP contribution in [0, 0.1) is 35.5 Å². The maximum Gasteiger partial charge on any atom is 0.271 e. The van der Waals surface area contributed by atoms with Crippen molar-refractivity contribution in [2.75, 3.05) is 0 Å². The third kappa shape index (κ3) is 2.06. The number of imide groups is 1. The molecule has 6 atom stereocenters. The summed E-state index contributed by atoms with van der Waals surface area (Å²) in [5, 5.41) is 1.48. The topological polar surface area (TPSA) is 66.5 Å². The molecule has 128 valence electrons. The summed E-state index contributed by atoms with van der Waals surface area (Å²) >= 11 is 11.9. The largest absolute Gasteiger partial charge is 0.272 e. The molecule has 0 unspecified atom stereocenters. The number of nitrogens with one attached hydrogen (secondary N) is 1. The number of halogens is 2. The second-order valence-electron chi connectivity index (χ2n) is 7.23. The summed E-state index contributed by atoms with van der Waals surface area (Å²) < 4.78 is 0. The molecule has 3 fully saturated rings. The monoisotopic (exact) mass is 376 g/mol. The van der Waals surface area contributed by atoms with Gasteiger partial charge in [0.2, 0.25) is 0 Å². The number of hydrogen-bond donors (Lipinski definition) is 1. The fraction of sp³-hybridized carbons (Fsp3) is 0.389. The summed E-state index contributed by atoms with van der Waals surface area (Å²) in [5.74, 6) is -0.595. The van der Waals surface area contributed by atoms with Gasteiger partial charge < -0.3 is 0 Å². The van der Waals surface area contributed by atoms with Crippen molar-refractivity contribution in [3.05, 3.63) is 46.0 Å². The van der Waals surface area contributed by atoms with Crippen molar-refractivity contribution >= 4 is 40.9 Å². The van der Waals surface area contributed by atoms with Crippen molar-refractivity contribution in [3.63, 3.8) is 0 Å². The number of nitrogens with zero attached hydrogens (tertiary/aromatic N) is 1. The van der Waals surface area contributed by atoms with Crippen molar-refractivity contribution in [1.82, 2.24) is 10.4 Å². The van der Waals surface area contributed by atoms with Crippen LogP contribution < -0.4 is 5.43 Å². The maximum atomic E-state index is 12.8. The van der Waals surface area contributed by atoms with Gasteiger partial charge in [-0.15, -0.1) is 0 Å². The summed E-state index contributed by atoms with van der Waals surface area (Å²) in [6.07, 6.45) is 5.28. The van der Waals surface area contributed by atoms with Crippen molar-refractivity contribution in [1.29, 1.82) is 0 Å². The van der Waals surface area contributed by atoms with Gasteiger partial charge in [-0.1, -0.05) is 35.4 Å². The van der Waals surface area contributed by atoms with Crippen molar-refractivity contribution in [3.8, 4) is 0 Å². The average molecular weight is 377 g/mol.